The number of nitrogens with one attached hydrogen (secondary N) is 3. The number of hydrogen-bond acceptors (Lipinski definition) is 7. The lowest BCUT2D eigenvalue weighted by Crippen LogP contribution is -2.57. The van der Waals surface area contributed by atoms with Crippen molar-refractivity contribution in [2.45, 2.75) is 108 Å². The number of methoxy groups -OCH3 is 1. The van der Waals surface area contributed by atoms with Gasteiger partial charge in [0.2, 0.25) is 17.7 Å². The second kappa shape index (κ2) is 13.4. The maximum atomic E-state index is 13.7. The summed E-state index contributed by atoms with van der Waals surface area (Å²) in [5.74, 6) is -0.745. The number of ether oxygens (including phenoxy) is 2. The molecule has 1 aromatic carbocycles. The van der Waals surface area contributed by atoms with Crippen molar-refractivity contribution in [2.75, 3.05) is 13.7 Å². The smallest absolute Gasteiger partial charge is 0.243 e. The highest BCUT2D eigenvalue weighted by Gasteiger charge is 2.50. The Morgan fingerprint density at radius 3 is 2.21 bits per heavy atom. The zero-order valence-electron chi connectivity index (χ0n) is 25.2. The summed E-state index contributed by atoms with van der Waals surface area (Å²) in [6.45, 7) is 5.48. The largest absolute Gasteiger partial charge is 0.497 e. The summed E-state index contributed by atoms with van der Waals surface area (Å²) < 4.78 is 10.6. The Morgan fingerprint density at radius 1 is 1.00 bits per heavy atom. The van der Waals surface area contributed by atoms with Gasteiger partial charge >= 0.3 is 0 Å². The fourth-order valence-corrected chi connectivity index (χ4v) is 5.69. The standard InChI is InChI=1S/C32H45N3O7/c1-20(33-30(40)31(2)15-13-23(36)14-16-31)28(38)35-26(18-22-9-11-24(41-4)12-10-22)29(39)34-25(17-21-7-5-6-8-21)27(37)32(3)19-42-32/h7,9-12,20,23,25-26,36H,5-6,8,13-19H2,1-4H3,(H,33,40)(H,34,39)(H,35,38)/t20-,23-,25+,26+,31+,32-/m1/s1. The average molecular weight is 584 g/mol. The molecule has 2 fully saturated rings. The third kappa shape index (κ3) is 7.98. The van der Waals surface area contributed by atoms with Crippen molar-refractivity contribution in [3.8, 4) is 5.75 Å². The SMILES string of the molecule is COc1ccc(C[C@H](NC(=O)[C@@H](C)NC(=O)[C@]2(C)CC[C@H](O)CC2)C(=O)N[C@@H](CC2=CCCC2)C(=O)[C@@]2(C)CO2)cc1. The monoisotopic (exact) mass is 583 g/mol. The van der Waals surface area contributed by atoms with Gasteiger partial charge in [-0.3, -0.25) is 19.2 Å². The van der Waals surface area contributed by atoms with Gasteiger partial charge < -0.3 is 30.5 Å². The van der Waals surface area contributed by atoms with E-state index in [2.05, 4.69) is 22.0 Å². The highest BCUT2D eigenvalue weighted by molar-refractivity contribution is 5.98. The molecule has 1 heterocycles. The van der Waals surface area contributed by atoms with E-state index in [9.17, 15) is 24.3 Å². The third-order valence-electron chi connectivity index (χ3n) is 8.91. The van der Waals surface area contributed by atoms with E-state index in [4.69, 9.17) is 9.47 Å². The number of hydrogen-bond donors (Lipinski definition) is 4. The van der Waals surface area contributed by atoms with Crippen LogP contribution in [0.2, 0.25) is 0 Å². The zero-order chi connectivity index (χ0) is 30.5. The minimum Gasteiger partial charge on any atom is -0.497 e. The molecule has 1 saturated carbocycles. The molecule has 1 saturated heterocycles. The normalized spacial score (nSPS) is 27.2. The maximum Gasteiger partial charge on any atom is 0.243 e. The van der Waals surface area contributed by atoms with Crippen LogP contribution in [0.4, 0.5) is 0 Å². The number of epoxide rings is 1. The van der Waals surface area contributed by atoms with Crippen molar-refractivity contribution < 1.29 is 33.8 Å². The first-order valence-electron chi connectivity index (χ1n) is 15.0. The second-order valence-electron chi connectivity index (χ2n) is 12.5. The van der Waals surface area contributed by atoms with E-state index in [1.807, 2.05) is 19.1 Å². The number of aliphatic hydroxyl groups excluding tert-OH is 1. The minimum absolute atomic E-state index is 0.176. The van der Waals surface area contributed by atoms with Crippen LogP contribution in [0.1, 0.15) is 77.7 Å². The van der Waals surface area contributed by atoms with Crippen molar-refractivity contribution in [1.29, 1.82) is 0 Å². The van der Waals surface area contributed by atoms with Crippen LogP contribution in [-0.2, 0) is 30.3 Å². The summed E-state index contributed by atoms with van der Waals surface area (Å²) in [4.78, 5) is 53.5. The first kappa shape index (κ1) is 31.7. The van der Waals surface area contributed by atoms with Gasteiger partial charge in [-0.15, -0.1) is 0 Å². The average Bonchev–Trinajstić information content (AvgIpc) is 3.52. The lowest BCUT2D eigenvalue weighted by Gasteiger charge is -2.35. The van der Waals surface area contributed by atoms with Gasteiger partial charge in [0.25, 0.3) is 0 Å². The minimum atomic E-state index is -0.994. The van der Waals surface area contributed by atoms with Crippen LogP contribution < -0.4 is 20.7 Å². The second-order valence-corrected chi connectivity index (χ2v) is 12.5. The Balaban J connectivity index is 1.47. The number of amides is 3. The molecule has 3 amide bonds. The molecule has 230 valence electrons. The first-order chi connectivity index (χ1) is 19.9. The van der Waals surface area contributed by atoms with Gasteiger partial charge in [-0.2, -0.15) is 0 Å². The number of aliphatic hydroxyl groups is 1. The third-order valence-corrected chi connectivity index (χ3v) is 8.91. The predicted molar refractivity (Wildman–Crippen MR) is 157 cm³/mol. The van der Waals surface area contributed by atoms with Crippen molar-refractivity contribution >= 4 is 23.5 Å². The number of Topliss-reactive ketones (excluding diaryl/α,β-unsaturated/α-hetero) is 1. The highest BCUT2D eigenvalue weighted by Crippen LogP contribution is 2.36. The highest BCUT2D eigenvalue weighted by atomic mass is 16.6. The summed E-state index contributed by atoms with van der Waals surface area (Å²) in [5, 5.41) is 18.4. The number of benzene rings is 1. The molecular formula is C32H45N3O7. The van der Waals surface area contributed by atoms with Crippen molar-refractivity contribution in [3.63, 3.8) is 0 Å². The van der Waals surface area contributed by atoms with E-state index in [1.165, 1.54) is 0 Å². The van der Waals surface area contributed by atoms with Crippen LogP contribution in [0.15, 0.2) is 35.9 Å². The quantitative estimate of drug-likeness (QED) is 0.206. The van der Waals surface area contributed by atoms with Crippen LogP contribution in [-0.4, -0.2) is 72.2 Å². The van der Waals surface area contributed by atoms with Crippen LogP contribution in [0.25, 0.3) is 0 Å². The van der Waals surface area contributed by atoms with Gasteiger partial charge in [0.15, 0.2) is 5.78 Å². The Kier molecular flexibility index (Phi) is 10.1. The maximum absolute atomic E-state index is 13.7. The van der Waals surface area contributed by atoms with Gasteiger partial charge in [0.1, 0.15) is 23.4 Å². The molecule has 3 aliphatic rings. The number of carbonyl (C=O) groups is 4. The van der Waals surface area contributed by atoms with Gasteiger partial charge in [-0.1, -0.05) is 30.7 Å². The molecular weight excluding hydrogens is 538 g/mol. The number of carbonyl (C=O) groups excluding carboxylic acids is 4. The summed E-state index contributed by atoms with van der Waals surface area (Å²) in [6, 6.07) is 4.53. The van der Waals surface area contributed by atoms with Crippen LogP contribution in [0.3, 0.4) is 0 Å². The molecule has 0 aromatic heterocycles. The van der Waals surface area contributed by atoms with Gasteiger partial charge in [0.05, 0.1) is 25.9 Å². The van der Waals surface area contributed by atoms with Gasteiger partial charge in [-0.05, 0) is 82.9 Å². The molecule has 0 radical (unpaired) electrons. The molecule has 42 heavy (non-hydrogen) atoms. The molecule has 0 bridgehead atoms. The molecule has 4 rings (SSSR count). The molecule has 10 nitrogen and oxygen atoms in total. The fourth-order valence-electron chi connectivity index (χ4n) is 5.69. The van der Waals surface area contributed by atoms with E-state index in [0.717, 1.165) is 30.4 Å². The van der Waals surface area contributed by atoms with Gasteiger partial charge in [0, 0.05) is 11.8 Å². The van der Waals surface area contributed by atoms with Gasteiger partial charge in [-0.25, -0.2) is 0 Å². The Bertz CT molecular complexity index is 1180. The lowest BCUT2D eigenvalue weighted by molar-refractivity contribution is -0.137. The Morgan fingerprint density at radius 2 is 1.64 bits per heavy atom. The fraction of sp³-hybridized carbons (Fsp3) is 0.625. The summed E-state index contributed by atoms with van der Waals surface area (Å²) in [6.07, 6.45) is 7.31. The molecule has 2 aliphatic carbocycles. The number of rotatable bonds is 13. The Labute approximate surface area is 248 Å². The van der Waals surface area contributed by atoms with Crippen LogP contribution in [0.5, 0.6) is 5.75 Å². The number of allylic oxidation sites excluding steroid dienone is 1. The van der Waals surface area contributed by atoms with E-state index in [-0.39, 0.29) is 18.1 Å². The molecule has 0 unspecified atom stereocenters. The number of ketones is 1. The molecule has 4 N–H and O–H groups in total. The Hall–Kier alpha value is -3.24. The van der Waals surface area contributed by atoms with Crippen LogP contribution in [0, 0.1) is 5.41 Å². The van der Waals surface area contributed by atoms with Crippen LogP contribution >= 0.6 is 0 Å². The molecule has 0 spiro atoms. The summed E-state index contributed by atoms with van der Waals surface area (Å²) in [7, 11) is 1.57. The molecule has 1 aliphatic heterocycles. The van der Waals surface area contributed by atoms with E-state index in [1.54, 1.807) is 33.1 Å². The van der Waals surface area contributed by atoms with E-state index >= 15 is 0 Å². The lowest BCUT2D eigenvalue weighted by atomic mass is 9.74. The van der Waals surface area contributed by atoms with Crippen molar-refractivity contribution in [3.05, 3.63) is 41.5 Å². The summed E-state index contributed by atoms with van der Waals surface area (Å²) >= 11 is 0. The molecule has 4 atom stereocenters. The van der Waals surface area contributed by atoms with E-state index < -0.39 is 47.1 Å². The van der Waals surface area contributed by atoms with E-state index in [0.29, 0.717) is 44.5 Å². The summed E-state index contributed by atoms with van der Waals surface area (Å²) in [5.41, 5.74) is 0.348. The first-order valence-corrected chi connectivity index (χ1v) is 15.0. The molecule has 1 aromatic rings. The van der Waals surface area contributed by atoms with Crippen molar-refractivity contribution in [2.24, 2.45) is 5.41 Å². The van der Waals surface area contributed by atoms with Crippen molar-refractivity contribution in [1.82, 2.24) is 16.0 Å². The zero-order valence-corrected chi connectivity index (χ0v) is 25.2. The topological polar surface area (TPSA) is 146 Å². The molecule has 10 heteroatoms. The predicted octanol–water partition coefficient (Wildman–Crippen LogP) is 2.51.